The van der Waals surface area contributed by atoms with E-state index >= 15 is 0 Å². The van der Waals surface area contributed by atoms with Crippen LogP contribution in [0.3, 0.4) is 0 Å². The fourth-order valence-corrected chi connectivity index (χ4v) is 3.86. The molecule has 27 heavy (non-hydrogen) atoms. The number of guanidine groups is 1. The summed E-state index contributed by atoms with van der Waals surface area (Å²) in [5, 5.41) is 16.7. The van der Waals surface area contributed by atoms with Crippen molar-refractivity contribution in [1.82, 2.24) is 10.6 Å². The van der Waals surface area contributed by atoms with Crippen LogP contribution in [-0.4, -0.2) is 37.2 Å². The topological polar surface area (TPSA) is 59.9 Å². The van der Waals surface area contributed by atoms with Gasteiger partial charge >= 0.3 is 0 Å². The van der Waals surface area contributed by atoms with Gasteiger partial charge in [0.25, 0.3) is 0 Å². The second-order valence-electron chi connectivity index (χ2n) is 6.28. The van der Waals surface area contributed by atoms with Gasteiger partial charge in [0.2, 0.25) is 0 Å². The molecule has 0 saturated heterocycles. The number of aliphatic hydroxyl groups excluding tert-OH is 1. The molecule has 1 unspecified atom stereocenters. The summed E-state index contributed by atoms with van der Waals surface area (Å²) >= 11 is 7.32. The van der Waals surface area contributed by atoms with E-state index in [1.165, 1.54) is 17.0 Å². The quantitative estimate of drug-likeness (QED) is 0.375. The summed E-state index contributed by atoms with van der Waals surface area (Å²) in [6, 6.07) is 12.2. The number of aliphatic hydroxyl groups is 1. The van der Waals surface area contributed by atoms with Crippen molar-refractivity contribution in [3.63, 3.8) is 0 Å². The Morgan fingerprint density at radius 3 is 2.56 bits per heavy atom. The maximum Gasteiger partial charge on any atom is 0.191 e. The highest BCUT2D eigenvalue weighted by molar-refractivity contribution is 7.16. The molecule has 0 aliphatic carbocycles. The van der Waals surface area contributed by atoms with Crippen molar-refractivity contribution < 1.29 is 5.11 Å². The lowest BCUT2D eigenvalue weighted by Crippen LogP contribution is -2.39. The van der Waals surface area contributed by atoms with Crippen molar-refractivity contribution in [3.05, 3.63) is 63.3 Å². The Balaban J connectivity index is 1.54. The van der Waals surface area contributed by atoms with E-state index in [-0.39, 0.29) is 0 Å². The van der Waals surface area contributed by atoms with Gasteiger partial charge in [-0.05, 0) is 36.8 Å². The molecule has 1 aromatic heterocycles. The van der Waals surface area contributed by atoms with Gasteiger partial charge in [0, 0.05) is 36.7 Å². The lowest BCUT2D eigenvalue weighted by molar-refractivity contribution is 0.184. The second-order valence-corrected chi connectivity index (χ2v) is 8.02. The molecular weight excluding hydrogens is 380 g/mol. The van der Waals surface area contributed by atoms with Gasteiger partial charge in [-0.2, -0.15) is 0 Å². The van der Waals surface area contributed by atoms with E-state index in [9.17, 15) is 5.11 Å². The minimum atomic E-state index is -0.611. The number of thiophene rings is 1. The molecule has 3 N–H and O–H groups in total. The summed E-state index contributed by atoms with van der Waals surface area (Å²) < 4.78 is 0.679. The Hall–Kier alpha value is -2.02. The van der Waals surface area contributed by atoms with Gasteiger partial charge < -0.3 is 20.6 Å². The maximum atomic E-state index is 10.3. The molecule has 7 heteroatoms. The first-order valence-corrected chi connectivity index (χ1v) is 10.3. The number of halogens is 1. The Morgan fingerprint density at radius 1 is 1.19 bits per heavy atom. The van der Waals surface area contributed by atoms with Gasteiger partial charge in [0.05, 0.1) is 10.9 Å². The van der Waals surface area contributed by atoms with Crippen molar-refractivity contribution in [2.45, 2.75) is 19.6 Å². The summed E-state index contributed by atoms with van der Waals surface area (Å²) in [6.45, 7) is 5.69. The van der Waals surface area contributed by atoms with Crippen LogP contribution in [-0.2, 0) is 6.54 Å². The molecule has 0 amide bonds. The minimum absolute atomic E-state index is 0.379. The molecule has 1 aromatic carbocycles. The van der Waals surface area contributed by atoms with Crippen LogP contribution in [0.25, 0.3) is 0 Å². The van der Waals surface area contributed by atoms with Crippen molar-refractivity contribution >= 4 is 34.6 Å². The molecule has 0 radical (unpaired) electrons. The zero-order valence-corrected chi connectivity index (χ0v) is 16.9. The Morgan fingerprint density at radius 2 is 1.93 bits per heavy atom. The van der Waals surface area contributed by atoms with Crippen LogP contribution >= 0.6 is 22.9 Å². The lowest BCUT2D eigenvalue weighted by atomic mass is 10.2. The van der Waals surface area contributed by atoms with Gasteiger partial charge in [-0.3, -0.25) is 0 Å². The molecular formula is C20H25ClN4OS. The molecule has 0 bridgehead atoms. The van der Waals surface area contributed by atoms with E-state index in [0.717, 1.165) is 30.1 Å². The van der Waals surface area contributed by atoms with E-state index in [1.54, 1.807) is 6.07 Å². The van der Waals surface area contributed by atoms with Gasteiger partial charge in [-0.1, -0.05) is 35.9 Å². The maximum absolute atomic E-state index is 10.3. The summed E-state index contributed by atoms with van der Waals surface area (Å²) in [5.41, 5.74) is 2.38. The number of rotatable bonds is 7. The highest BCUT2D eigenvalue weighted by atomic mass is 35.5. The highest BCUT2D eigenvalue weighted by Crippen LogP contribution is 2.26. The lowest BCUT2D eigenvalue weighted by Gasteiger charge is -2.17. The van der Waals surface area contributed by atoms with Crippen LogP contribution in [0, 0.1) is 0 Å². The van der Waals surface area contributed by atoms with Crippen molar-refractivity contribution in [2.24, 2.45) is 4.99 Å². The van der Waals surface area contributed by atoms with Crippen molar-refractivity contribution in [2.75, 3.05) is 31.1 Å². The van der Waals surface area contributed by atoms with Crippen LogP contribution in [0.5, 0.6) is 0 Å². The molecule has 2 heterocycles. The highest BCUT2D eigenvalue weighted by Gasteiger charge is 2.11. The average Bonchev–Trinajstić information content (AvgIpc) is 3.36. The summed E-state index contributed by atoms with van der Waals surface area (Å²) in [5.74, 6) is 0.687. The summed E-state index contributed by atoms with van der Waals surface area (Å²) in [7, 11) is 0. The second kappa shape index (κ2) is 9.78. The number of hydrogen-bond acceptors (Lipinski definition) is 4. The molecule has 3 rings (SSSR count). The monoisotopic (exact) mass is 404 g/mol. The number of anilines is 1. The minimum Gasteiger partial charge on any atom is -0.386 e. The average molecular weight is 405 g/mol. The SMILES string of the molecule is CCNC(=NCc1ccc(N2CC=CC2)cc1)NCC(O)c1ccc(Cl)s1. The number of benzene rings is 1. The number of aliphatic imine (C=N–C) groups is 1. The first-order valence-electron chi connectivity index (χ1n) is 9.10. The zero-order chi connectivity index (χ0) is 19.1. The first-order chi connectivity index (χ1) is 13.2. The predicted octanol–water partition coefficient (Wildman–Crippen LogP) is 3.57. The first kappa shape index (κ1) is 19.7. The number of nitrogens with one attached hydrogen (secondary N) is 2. The molecule has 0 saturated carbocycles. The van der Waals surface area contributed by atoms with Crippen LogP contribution in [0.1, 0.15) is 23.5 Å². The third-order valence-electron chi connectivity index (χ3n) is 4.27. The standard InChI is InChI=1S/C20H25ClN4OS/c1-2-22-20(24-14-17(26)18-9-10-19(21)27-18)23-13-15-5-7-16(8-6-15)25-11-3-4-12-25/h3-10,17,26H,2,11-14H2,1H3,(H2,22,23,24). The number of hydrogen-bond donors (Lipinski definition) is 3. The van der Waals surface area contributed by atoms with Crippen molar-refractivity contribution in [1.29, 1.82) is 0 Å². The van der Waals surface area contributed by atoms with Gasteiger partial charge in [0.1, 0.15) is 6.10 Å². The molecule has 1 aliphatic rings. The van der Waals surface area contributed by atoms with E-state index in [1.807, 2.05) is 13.0 Å². The van der Waals surface area contributed by atoms with Crippen LogP contribution in [0.15, 0.2) is 53.5 Å². The van der Waals surface area contributed by atoms with Gasteiger partial charge in [0.15, 0.2) is 5.96 Å². The Labute approximate surface area is 169 Å². The predicted molar refractivity (Wildman–Crippen MR) is 115 cm³/mol. The molecule has 0 spiro atoms. The smallest absolute Gasteiger partial charge is 0.191 e. The summed E-state index contributed by atoms with van der Waals surface area (Å²) in [4.78, 5) is 7.78. The molecule has 0 fully saturated rings. The van der Waals surface area contributed by atoms with Crippen LogP contribution in [0.4, 0.5) is 5.69 Å². The van der Waals surface area contributed by atoms with E-state index in [0.29, 0.717) is 23.4 Å². The fourth-order valence-electron chi connectivity index (χ4n) is 2.81. The third-order valence-corrected chi connectivity index (χ3v) is 5.60. The van der Waals surface area contributed by atoms with Crippen molar-refractivity contribution in [3.8, 4) is 0 Å². The molecule has 1 atom stereocenters. The summed E-state index contributed by atoms with van der Waals surface area (Å²) in [6.07, 6.45) is 3.76. The largest absolute Gasteiger partial charge is 0.386 e. The Bertz CT molecular complexity index is 780. The van der Waals surface area contributed by atoms with E-state index in [2.05, 4.69) is 56.9 Å². The van der Waals surface area contributed by atoms with E-state index < -0.39 is 6.10 Å². The van der Waals surface area contributed by atoms with Crippen LogP contribution < -0.4 is 15.5 Å². The van der Waals surface area contributed by atoms with E-state index in [4.69, 9.17) is 11.6 Å². The Kier molecular flexibility index (Phi) is 7.15. The molecule has 1 aliphatic heterocycles. The molecule has 144 valence electrons. The molecule has 5 nitrogen and oxygen atoms in total. The number of nitrogens with zero attached hydrogens (tertiary/aromatic N) is 2. The zero-order valence-electron chi connectivity index (χ0n) is 15.4. The van der Waals surface area contributed by atoms with Gasteiger partial charge in [-0.15, -0.1) is 11.3 Å². The molecule has 2 aromatic rings. The normalized spacial score (nSPS) is 15.2. The van der Waals surface area contributed by atoms with Gasteiger partial charge in [-0.25, -0.2) is 4.99 Å². The van der Waals surface area contributed by atoms with Crippen LogP contribution in [0.2, 0.25) is 4.34 Å². The third kappa shape index (κ3) is 5.73. The fraction of sp³-hybridized carbons (Fsp3) is 0.350.